The fraction of sp³-hybridized carbons (Fsp3) is 0. The second kappa shape index (κ2) is 5.05. The molecule has 0 amide bonds. The maximum atomic E-state index is 8.36. The Morgan fingerprint density at radius 3 is 2.86 bits per heavy atom. The predicted molar refractivity (Wildman–Crippen MR) is 63.2 cm³/mol. The Hall–Kier alpha value is -0.960. The highest BCUT2D eigenvalue weighted by molar-refractivity contribution is 14.1. The standard InChI is InChI=1S/C6H4IN3S.CH2O2/c7-6-9-3-1-2-11-4(3)5(8)10-6;2-1-3/h1-2H,(H2,8,9,10);1H,(H,2,3). The summed E-state index contributed by atoms with van der Waals surface area (Å²) in [6.07, 6.45) is 0. The summed E-state index contributed by atoms with van der Waals surface area (Å²) < 4.78 is 1.68. The number of rotatable bonds is 0. The van der Waals surface area contributed by atoms with Crippen LogP contribution < -0.4 is 5.73 Å². The van der Waals surface area contributed by atoms with E-state index in [0.29, 0.717) is 9.65 Å². The fourth-order valence-electron chi connectivity index (χ4n) is 0.857. The van der Waals surface area contributed by atoms with E-state index in [4.69, 9.17) is 15.6 Å². The first-order chi connectivity index (χ1) is 6.69. The number of hydrogen-bond donors (Lipinski definition) is 2. The zero-order valence-corrected chi connectivity index (χ0v) is 9.82. The number of hydrogen-bond acceptors (Lipinski definition) is 5. The van der Waals surface area contributed by atoms with Crippen LogP contribution in [-0.4, -0.2) is 21.5 Å². The van der Waals surface area contributed by atoms with E-state index in [1.54, 1.807) is 11.3 Å². The Bertz CT molecular complexity index is 445. The van der Waals surface area contributed by atoms with Gasteiger partial charge in [0.15, 0.2) is 3.83 Å². The summed E-state index contributed by atoms with van der Waals surface area (Å²) in [6, 6.07) is 1.94. The van der Waals surface area contributed by atoms with Crippen LogP contribution in [0.1, 0.15) is 0 Å². The Balaban J connectivity index is 0.000000293. The van der Waals surface area contributed by atoms with Crippen molar-refractivity contribution in [3.8, 4) is 0 Å². The molecule has 0 fully saturated rings. The third-order valence-corrected chi connectivity index (χ3v) is 2.71. The summed E-state index contributed by atoms with van der Waals surface area (Å²) in [5.74, 6) is 0.578. The molecule has 0 aliphatic heterocycles. The molecule has 2 aromatic heterocycles. The molecule has 7 heteroatoms. The minimum Gasteiger partial charge on any atom is -0.483 e. The number of halogens is 1. The Labute approximate surface area is 97.1 Å². The normalized spacial score (nSPS) is 9.21. The first-order valence-electron chi connectivity index (χ1n) is 3.43. The molecule has 0 aliphatic rings. The Morgan fingerprint density at radius 1 is 1.57 bits per heavy atom. The second-order valence-electron chi connectivity index (χ2n) is 2.12. The summed E-state index contributed by atoms with van der Waals surface area (Å²) in [6.45, 7) is -0.250. The quantitative estimate of drug-likeness (QED) is 0.436. The number of aromatic nitrogens is 2. The summed E-state index contributed by atoms with van der Waals surface area (Å²) in [5.41, 5.74) is 6.59. The first kappa shape index (κ1) is 11.1. The van der Waals surface area contributed by atoms with Crippen LogP contribution in [0.4, 0.5) is 5.82 Å². The van der Waals surface area contributed by atoms with Gasteiger partial charge in [0.1, 0.15) is 5.82 Å². The average molecular weight is 323 g/mol. The van der Waals surface area contributed by atoms with Crippen LogP contribution in [0.15, 0.2) is 11.4 Å². The number of nitrogens with zero attached hydrogens (tertiary/aromatic N) is 2. The van der Waals surface area contributed by atoms with E-state index in [-0.39, 0.29) is 6.47 Å². The monoisotopic (exact) mass is 323 g/mol. The zero-order valence-electron chi connectivity index (χ0n) is 6.85. The third-order valence-electron chi connectivity index (χ3n) is 1.30. The highest BCUT2D eigenvalue weighted by Crippen LogP contribution is 2.23. The lowest BCUT2D eigenvalue weighted by Gasteiger charge is -1.94. The SMILES string of the molecule is Nc1nc(I)nc2ccsc12.O=CO. The smallest absolute Gasteiger partial charge is 0.290 e. The predicted octanol–water partition coefficient (Wildman–Crippen LogP) is 1.58. The van der Waals surface area contributed by atoms with Gasteiger partial charge in [-0.05, 0) is 11.4 Å². The van der Waals surface area contributed by atoms with Gasteiger partial charge >= 0.3 is 0 Å². The Kier molecular flexibility index (Phi) is 4.01. The molecule has 2 heterocycles. The Morgan fingerprint density at radius 2 is 2.21 bits per heavy atom. The van der Waals surface area contributed by atoms with Gasteiger partial charge in [0.05, 0.1) is 10.2 Å². The second-order valence-corrected chi connectivity index (χ2v) is 4.00. The van der Waals surface area contributed by atoms with Crippen LogP contribution in [0.3, 0.4) is 0 Å². The van der Waals surface area contributed by atoms with Crippen LogP contribution in [0.2, 0.25) is 0 Å². The number of nitrogen functional groups attached to an aromatic ring is 1. The van der Waals surface area contributed by atoms with E-state index >= 15 is 0 Å². The van der Waals surface area contributed by atoms with Crippen LogP contribution in [0.25, 0.3) is 10.2 Å². The number of carboxylic acid groups (broad SMARTS) is 1. The van der Waals surface area contributed by atoms with E-state index < -0.39 is 0 Å². The van der Waals surface area contributed by atoms with E-state index in [1.165, 1.54) is 0 Å². The topological polar surface area (TPSA) is 89.1 Å². The first-order valence-corrected chi connectivity index (χ1v) is 5.39. The lowest BCUT2D eigenvalue weighted by atomic mass is 10.4. The molecule has 0 radical (unpaired) electrons. The molecule has 74 valence electrons. The van der Waals surface area contributed by atoms with E-state index in [2.05, 4.69) is 32.6 Å². The van der Waals surface area contributed by atoms with Crippen LogP contribution >= 0.6 is 33.9 Å². The van der Waals surface area contributed by atoms with Crippen molar-refractivity contribution in [2.45, 2.75) is 0 Å². The molecule has 0 aliphatic carbocycles. The largest absolute Gasteiger partial charge is 0.483 e. The summed E-state index contributed by atoms with van der Waals surface area (Å²) >= 11 is 3.62. The molecule has 0 atom stereocenters. The zero-order chi connectivity index (χ0) is 10.6. The van der Waals surface area contributed by atoms with Gasteiger partial charge in [0, 0.05) is 22.6 Å². The summed E-state index contributed by atoms with van der Waals surface area (Å²) in [5, 5.41) is 8.85. The lowest BCUT2D eigenvalue weighted by molar-refractivity contribution is -0.122. The van der Waals surface area contributed by atoms with Gasteiger partial charge in [-0.25, -0.2) is 9.97 Å². The van der Waals surface area contributed by atoms with Gasteiger partial charge in [0.25, 0.3) is 6.47 Å². The van der Waals surface area contributed by atoms with Gasteiger partial charge in [-0.1, -0.05) is 0 Å². The van der Waals surface area contributed by atoms with Crippen LogP contribution in [-0.2, 0) is 4.79 Å². The van der Waals surface area contributed by atoms with E-state index in [9.17, 15) is 0 Å². The van der Waals surface area contributed by atoms with Crippen molar-refractivity contribution in [2.75, 3.05) is 5.73 Å². The number of carbonyl (C=O) groups is 1. The maximum Gasteiger partial charge on any atom is 0.290 e. The van der Waals surface area contributed by atoms with Crippen LogP contribution in [0, 0.1) is 3.83 Å². The van der Waals surface area contributed by atoms with Crippen molar-refractivity contribution in [3.05, 3.63) is 15.3 Å². The van der Waals surface area contributed by atoms with Gasteiger partial charge < -0.3 is 10.8 Å². The molecule has 0 spiro atoms. The lowest BCUT2D eigenvalue weighted by Crippen LogP contribution is -1.94. The number of fused-ring (bicyclic) bond motifs is 1. The fourth-order valence-corrected chi connectivity index (χ4v) is 2.11. The summed E-state index contributed by atoms with van der Waals surface area (Å²) in [7, 11) is 0. The van der Waals surface area contributed by atoms with E-state index in [1.807, 2.05) is 11.4 Å². The van der Waals surface area contributed by atoms with Gasteiger partial charge in [-0.3, -0.25) is 4.79 Å². The molecule has 2 rings (SSSR count). The summed E-state index contributed by atoms with van der Waals surface area (Å²) in [4.78, 5) is 16.6. The highest BCUT2D eigenvalue weighted by atomic mass is 127. The molecule has 0 aromatic carbocycles. The molecule has 5 nitrogen and oxygen atoms in total. The molecule has 2 aromatic rings. The van der Waals surface area contributed by atoms with Crippen molar-refractivity contribution in [3.63, 3.8) is 0 Å². The number of nitrogens with two attached hydrogens (primary N) is 1. The van der Waals surface area contributed by atoms with E-state index in [0.717, 1.165) is 10.2 Å². The highest BCUT2D eigenvalue weighted by Gasteiger charge is 2.02. The van der Waals surface area contributed by atoms with Crippen molar-refractivity contribution in [1.29, 1.82) is 0 Å². The maximum absolute atomic E-state index is 8.36. The molecule has 0 saturated heterocycles. The molecule has 0 unspecified atom stereocenters. The minimum atomic E-state index is -0.250. The molecule has 0 bridgehead atoms. The molecular weight excluding hydrogens is 317 g/mol. The molecular formula is C7H6IN3O2S. The number of anilines is 1. The number of thiophene rings is 1. The third kappa shape index (κ3) is 2.51. The van der Waals surface area contributed by atoms with Crippen molar-refractivity contribution in [1.82, 2.24) is 9.97 Å². The van der Waals surface area contributed by atoms with Gasteiger partial charge in [0.2, 0.25) is 0 Å². The van der Waals surface area contributed by atoms with Gasteiger partial charge in [-0.15, -0.1) is 11.3 Å². The molecule has 0 saturated carbocycles. The van der Waals surface area contributed by atoms with Gasteiger partial charge in [-0.2, -0.15) is 0 Å². The molecule has 3 N–H and O–H groups in total. The van der Waals surface area contributed by atoms with Crippen LogP contribution in [0.5, 0.6) is 0 Å². The molecule has 14 heavy (non-hydrogen) atoms. The van der Waals surface area contributed by atoms with Crippen molar-refractivity contribution < 1.29 is 9.90 Å². The van der Waals surface area contributed by atoms with Crippen molar-refractivity contribution >= 4 is 56.4 Å². The minimum absolute atomic E-state index is 0.250. The average Bonchev–Trinajstić information content (AvgIpc) is 2.53. The van der Waals surface area contributed by atoms with Crippen molar-refractivity contribution in [2.24, 2.45) is 0 Å².